The van der Waals surface area contributed by atoms with Crippen LogP contribution in [0.2, 0.25) is 0 Å². The van der Waals surface area contributed by atoms with Gasteiger partial charge in [0.05, 0.1) is 6.61 Å². The average Bonchev–Trinajstić information content (AvgIpc) is 2.17. The van der Waals surface area contributed by atoms with E-state index < -0.39 is 6.10 Å². The van der Waals surface area contributed by atoms with E-state index in [1.165, 1.54) is 0 Å². The van der Waals surface area contributed by atoms with Crippen LogP contribution >= 0.6 is 12.4 Å². The fourth-order valence-corrected chi connectivity index (χ4v) is 0.823. The number of halogens is 1. The van der Waals surface area contributed by atoms with E-state index in [-0.39, 0.29) is 24.4 Å². The molecule has 3 N–H and O–H groups in total. The maximum Gasteiger partial charge on any atom is 0.249 e. The van der Waals surface area contributed by atoms with Crippen LogP contribution in [-0.2, 0) is 9.53 Å². The van der Waals surface area contributed by atoms with E-state index in [9.17, 15) is 4.79 Å². The van der Waals surface area contributed by atoms with Crippen LogP contribution in [0.5, 0.6) is 0 Å². The van der Waals surface area contributed by atoms with Crippen molar-refractivity contribution in [2.75, 3.05) is 13.2 Å². The van der Waals surface area contributed by atoms with Crippen LogP contribution in [0.25, 0.3) is 0 Å². The Hall–Kier alpha value is -0.580. The smallest absolute Gasteiger partial charge is 0.249 e. The molecule has 4 nitrogen and oxygen atoms in total. The Morgan fingerprint density at radius 1 is 1.60 bits per heavy atom. The van der Waals surface area contributed by atoms with Gasteiger partial charge in [0, 0.05) is 12.6 Å². The fraction of sp³-hybridized carbons (Fsp3) is 0.700. The number of nitrogens with two attached hydrogens (primary N) is 1. The molecule has 0 aliphatic carbocycles. The standard InChI is InChI=1S/C10H20N2O2.ClH/c1-4-5-6-14-9(3)10(13)12-8(2)7-11;/h4,8-9H,1,5-7,11H2,2-3H3,(H,12,13);1H/t8-,9?;/m0./s1. The summed E-state index contributed by atoms with van der Waals surface area (Å²) in [6, 6.07) is -0.00652. The molecule has 1 unspecified atom stereocenters. The Kier molecular flexibility index (Phi) is 11.2. The number of hydrogen-bond acceptors (Lipinski definition) is 3. The predicted octanol–water partition coefficient (Wildman–Crippen LogP) is 0.853. The van der Waals surface area contributed by atoms with Gasteiger partial charge in [-0.1, -0.05) is 6.08 Å². The highest BCUT2D eigenvalue weighted by Gasteiger charge is 2.14. The van der Waals surface area contributed by atoms with Crippen LogP contribution in [0.1, 0.15) is 20.3 Å². The highest BCUT2D eigenvalue weighted by molar-refractivity contribution is 5.85. The minimum atomic E-state index is -0.427. The van der Waals surface area contributed by atoms with Crippen molar-refractivity contribution in [3.8, 4) is 0 Å². The zero-order chi connectivity index (χ0) is 11.0. The quantitative estimate of drug-likeness (QED) is 0.509. The average molecular weight is 237 g/mol. The molecular formula is C10H21ClN2O2. The summed E-state index contributed by atoms with van der Waals surface area (Å²) in [5.74, 6) is -0.119. The predicted molar refractivity (Wildman–Crippen MR) is 64.1 cm³/mol. The molecule has 0 aromatic rings. The molecule has 0 spiro atoms. The van der Waals surface area contributed by atoms with Gasteiger partial charge in [-0.25, -0.2) is 0 Å². The minimum Gasteiger partial charge on any atom is -0.368 e. The molecule has 90 valence electrons. The van der Waals surface area contributed by atoms with Crippen LogP contribution in [0.15, 0.2) is 12.7 Å². The Morgan fingerprint density at radius 2 is 2.20 bits per heavy atom. The molecule has 0 bridgehead atoms. The van der Waals surface area contributed by atoms with Gasteiger partial charge in [-0.15, -0.1) is 19.0 Å². The van der Waals surface area contributed by atoms with Crippen LogP contribution in [-0.4, -0.2) is 31.2 Å². The molecule has 2 atom stereocenters. The molecule has 1 amide bonds. The van der Waals surface area contributed by atoms with Crippen molar-refractivity contribution in [1.82, 2.24) is 5.32 Å². The van der Waals surface area contributed by atoms with E-state index >= 15 is 0 Å². The van der Waals surface area contributed by atoms with Gasteiger partial charge in [0.15, 0.2) is 0 Å². The molecule has 0 radical (unpaired) electrons. The molecule has 0 aliphatic rings. The minimum absolute atomic E-state index is 0. The summed E-state index contributed by atoms with van der Waals surface area (Å²) in [6.07, 6.45) is 2.08. The Bertz CT molecular complexity index is 188. The molecule has 0 fully saturated rings. The van der Waals surface area contributed by atoms with Crippen molar-refractivity contribution in [2.24, 2.45) is 5.73 Å². The van der Waals surface area contributed by atoms with Crippen LogP contribution in [0.4, 0.5) is 0 Å². The monoisotopic (exact) mass is 236 g/mol. The zero-order valence-electron chi connectivity index (χ0n) is 9.36. The van der Waals surface area contributed by atoms with E-state index in [4.69, 9.17) is 10.5 Å². The molecule has 0 aromatic heterocycles. The summed E-state index contributed by atoms with van der Waals surface area (Å²) in [5.41, 5.74) is 5.37. The summed E-state index contributed by atoms with van der Waals surface area (Å²) in [6.45, 7) is 8.10. The normalized spacial score (nSPS) is 13.5. The number of amides is 1. The van der Waals surface area contributed by atoms with E-state index in [0.29, 0.717) is 13.2 Å². The number of hydrogen-bond donors (Lipinski definition) is 2. The van der Waals surface area contributed by atoms with Crippen molar-refractivity contribution in [2.45, 2.75) is 32.4 Å². The third kappa shape index (κ3) is 8.42. The highest BCUT2D eigenvalue weighted by Crippen LogP contribution is 1.94. The first kappa shape index (κ1) is 16.8. The molecule has 15 heavy (non-hydrogen) atoms. The van der Waals surface area contributed by atoms with Crippen molar-refractivity contribution >= 4 is 18.3 Å². The molecule has 0 aromatic carbocycles. The Labute approximate surface area is 97.7 Å². The second-order valence-corrected chi connectivity index (χ2v) is 3.24. The third-order valence-electron chi connectivity index (χ3n) is 1.80. The van der Waals surface area contributed by atoms with Crippen molar-refractivity contribution < 1.29 is 9.53 Å². The van der Waals surface area contributed by atoms with Crippen molar-refractivity contribution in [1.29, 1.82) is 0 Å². The zero-order valence-corrected chi connectivity index (χ0v) is 10.2. The van der Waals surface area contributed by atoms with E-state index in [1.54, 1.807) is 13.0 Å². The lowest BCUT2D eigenvalue weighted by Crippen LogP contribution is -2.43. The second-order valence-electron chi connectivity index (χ2n) is 3.24. The number of ether oxygens (including phenoxy) is 1. The van der Waals surface area contributed by atoms with E-state index in [0.717, 1.165) is 6.42 Å². The third-order valence-corrected chi connectivity index (χ3v) is 1.80. The van der Waals surface area contributed by atoms with Gasteiger partial charge < -0.3 is 15.8 Å². The van der Waals surface area contributed by atoms with Gasteiger partial charge in [-0.2, -0.15) is 0 Å². The molecule has 0 saturated carbocycles. The summed E-state index contributed by atoms with van der Waals surface area (Å²) < 4.78 is 5.27. The molecular weight excluding hydrogens is 216 g/mol. The van der Waals surface area contributed by atoms with Gasteiger partial charge in [-0.3, -0.25) is 4.79 Å². The lowest BCUT2D eigenvalue weighted by molar-refractivity contribution is -0.132. The molecule has 0 heterocycles. The van der Waals surface area contributed by atoms with Crippen molar-refractivity contribution in [3.63, 3.8) is 0 Å². The first-order valence-corrected chi connectivity index (χ1v) is 4.84. The van der Waals surface area contributed by atoms with Gasteiger partial charge in [0.1, 0.15) is 6.10 Å². The number of carbonyl (C=O) groups is 1. The van der Waals surface area contributed by atoms with Gasteiger partial charge in [0.25, 0.3) is 0 Å². The summed E-state index contributed by atoms with van der Waals surface area (Å²) in [4.78, 5) is 11.4. The molecule has 0 saturated heterocycles. The number of carbonyl (C=O) groups excluding carboxylic acids is 1. The first-order chi connectivity index (χ1) is 6.61. The summed E-state index contributed by atoms with van der Waals surface area (Å²) in [5, 5.41) is 2.74. The van der Waals surface area contributed by atoms with Crippen LogP contribution in [0.3, 0.4) is 0 Å². The van der Waals surface area contributed by atoms with Gasteiger partial charge >= 0.3 is 0 Å². The van der Waals surface area contributed by atoms with Gasteiger partial charge in [-0.05, 0) is 20.3 Å². The number of rotatable bonds is 7. The maximum atomic E-state index is 11.4. The summed E-state index contributed by atoms with van der Waals surface area (Å²) in [7, 11) is 0. The maximum absolute atomic E-state index is 11.4. The lowest BCUT2D eigenvalue weighted by atomic mass is 10.3. The van der Waals surface area contributed by atoms with Gasteiger partial charge in [0.2, 0.25) is 5.91 Å². The highest BCUT2D eigenvalue weighted by atomic mass is 35.5. The van der Waals surface area contributed by atoms with E-state index in [1.807, 2.05) is 6.92 Å². The van der Waals surface area contributed by atoms with Crippen LogP contribution < -0.4 is 11.1 Å². The summed E-state index contributed by atoms with van der Waals surface area (Å²) >= 11 is 0. The second kappa shape index (κ2) is 9.96. The Morgan fingerprint density at radius 3 is 2.67 bits per heavy atom. The fourth-order valence-electron chi connectivity index (χ4n) is 0.823. The SMILES string of the molecule is C=CCCOC(C)C(=O)N[C@@H](C)CN.Cl. The van der Waals surface area contributed by atoms with Crippen LogP contribution in [0, 0.1) is 0 Å². The molecule has 0 aliphatic heterocycles. The van der Waals surface area contributed by atoms with E-state index in [2.05, 4.69) is 11.9 Å². The Balaban J connectivity index is 0. The molecule has 5 heteroatoms. The largest absolute Gasteiger partial charge is 0.368 e. The van der Waals surface area contributed by atoms with Crippen molar-refractivity contribution in [3.05, 3.63) is 12.7 Å². The lowest BCUT2D eigenvalue weighted by Gasteiger charge is -2.16. The topological polar surface area (TPSA) is 64.3 Å². The first-order valence-electron chi connectivity index (χ1n) is 4.84. The molecule has 0 rings (SSSR count). The number of nitrogens with one attached hydrogen (secondary N) is 1.